The molecule has 1 aromatic heterocycles. The predicted molar refractivity (Wildman–Crippen MR) is 71.4 cm³/mol. The minimum Gasteiger partial charge on any atom is -0.311 e. The molecule has 0 bridgehead atoms. The fourth-order valence-electron chi connectivity index (χ4n) is 1.99. The van der Waals surface area contributed by atoms with Crippen LogP contribution in [0, 0.1) is 0 Å². The summed E-state index contributed by atoms with van der Waals surface area (Å²) < 4.78 is 23.8. The number of aromatic amines is 1. The van der Waals surface area contributed by atoms with Gasteiger partial charge in [-0.2, -0.15) is 0 Å². The molecular weight excluding hydrogens is 294 g/mol. The van der Waals surface area contributed by atoms with Gasteiger partial charge < -0.3 is 5.32 Å². The molecule has 0 amide bonds. The second-order valence-corrected chi connectivity index (χ2v) is 7.12. The number of aromatic nitrogens is 2. The highest BCUT2D eigenvalue weighted by molar-refractivity contribution is 7.91. The summed E-state index contributed by atoms with van der Waals surface area (Å²) in [6.45, 7) is 0.744. The highest BCUT2D eigenvalue weighted by Crippen LogP contribution is 2.10. The van der Waals surface area contributed by atoms with Crippen LogP contribution in [0.1, 0.15) is 6.42 Å². The lowest BCUT2D eigenvalue weighted by atomic mass is 10.2. The van der Waals surface area contributed by atoms with Crippen molar-refractivity contribution in [1.82, 2.24) is 14.9 Å². The number of nitrogens with one attached hydrogen (secondary N) is 2. The summed E-state index contributed by atoms with van der Waals surface area (Å²) in [4.78, 5) is 24.6. The summed E-state index contributed by atoms with van der Waals surface area (Å²) in [5, 5.41) is 3.02. The van der Waals surface area contributed by atoms with Crippen LogP contribution < -0.4 is 16.6 Å². The van der Waals surface area contributed by atoms with Crippen LogP contribution in [0.3, 0.4) is 0 Å². The van der Waals surface area contributed by atoms with E-state index in [0.717, 1.165) is 0 Å². The Labute approximate surface area is 114 Å². The van der Waals surface area contributed by atoms with E-state index in [1.165, 1.54) is 10.8 Å². The van der Waals surface area contributed by atoms with Crippen LogP contribution >= 0.6 is 11.6 Å². The number of nitrogens with zero attached hydrogens (tertiary/aromatic N) is 1. The van der Waals surface area contributed by atoms with Gasteiger partial charge in [0, 0.05) is 25.3 Å². The number of hydrogen-bond donors (Lipinski definition) is 2. The van der Waals surface area contributed by atoms with Gasteiger partial charge in [0.25, 0.3) is 5.56 Å². The molecular formula is C10H14ClN3O4S. The molecule has 0 radical (unpaired) electrons. The van der Waals surface area contributed by atoms with Gasteiger partial charge in [-0.15, -0.1) is 0 Å². The van der Waals surface area contributed by atoms with Crippen molar-refractivity contribution in [3.8, 4) is 0 Å². The van der Waals surface area contributed by atoms with Crippen LogP contribution in [0.15, 0.2) is 15.8 Å². The Bertz CT molecular complexity index is 679. The van der Waals surface area contributed by atoms with Crippen LogP contribution in [0.5, 0.6) is 0 Å². The van der Waals surface area contributed by atoms with E-state index < -0.39 is 21.1 Å². The molecule has 1 unspecified atom stereocenters. The first-order valence-electron chi connectivity index (χ1n) is 5.80. The first kappa shape index (κ1) is 14.3. The van der Waals surface area contributed by atoms with E-state index in [2.05, 4.69) is 10.3 Å². The Balaban J connectivity index is 1.92. The molecule has 106 valence electrons. The zero-order valence-corrected chi connectivity index (χ0v) is 11.6. The number of sulfone groups is 1. The maximum Gasteiger partial charge on any atom is 0.328 e. The quantitative estimate of drug-likeness (QED) is 0.740. The third-order valence-corrected chi connectivity index (χ3v) is 5.02. The second kappa shape index (κ2) is 5.48. The summed E-state index contributed by atoms with van der Waals surface area (Å²) in [5.41, 5.74) is -1.15. The number of halogens is 1. The van der Waals surface area contributed by atoms with Gasteiger partial charge in [0.15, 0.2) is 9.84 Å². The fraction of sp³-hybridized carbons (Fsp3) is 0.600. The predicted octanol–water partition coefficient (Wildman–Crippen LogP) is -1.03. The molecule has 9 heteroatoms. The maximum absolute atomic E-state index is 11.4. The van der Waals surface area contributed by atoms with Crippen LogP contribution in [-0.4, -0.2) is 42.1 Å². The number of rotatable bonds is 4. The van der Waals surface area contributed by atoms with Crippen LogP contribution in [-0.2, 0) is 16.4 Å². The second-order valence-electron chi connectivity index (χ2n) is 4.48. The molecule has 1 saturated heterocycles. The Morgan fingerprint density at radius 2 is 2.21 bits per heavy atom. The van der Waals surface area contributed by atoms with Gasteiger partial charge in [0.05, 0.1) is 11.5 Å². The molecule has 1 aliphatic rings. The van der Waals surface area contributed by atoms with Crippen molar-refractivity contribution in [2.75, 3.05) is 18.1 Å². The van der Waals surface area contributed by atoms with Crippen molar-refractivity contribution in [2.24, 2.45) is 0 Å². The Kier molecular flexibility index (Phi) is 4.12. The molecule has 19 heavy (non-hydrogen) atoms. The topological polar surface area (TPSA) is 101 Å². The van der Waals surface area contributed by atoms with E-state index in [4.69, 9.17) is 11.6 Å². The van der Waals surface area contributed by atoms with Crippen molar-refractivity contribution in [3.05, 3.63) is 32.1 Å². The molecule has 2 N–H and O–H groups in total. The van der Waals surface area contributed by atoms with E-state index in [0.29, 0.717) is 19.5 Å². The Morgan fingerprint density at radius 3 is 2.84 bits per heavy atom. The third-order valence-electron chi connectivity index (χ3n) is 2.99. The van der Waals surface area contributed by atoms with E-state index >= 15 is 0 Å². The fourth-order valence-corrected chi connectivity index (χ4v) is 3.87. The lowest BCUT2D eigenvalue weighted by Crippen LogP contribution is -2.36. The van der Waals surface area contributed by atoms with Gasteiger partial charge in [-0.05, 0) is 6.42 Å². The highest BCUT2D eigenvalue weighted by Gasteiger charge is 2.27. The molecule has 1 aromatic rings. The summed E-state index contributed by atoms with van der Waals surface area (Å²) in [5.74, 6) is 0.337. The number of hydrogen-bond acceptors (Lipinski definition) is 5. The van der Waals surface area contributed by atoms with Gasteiger partial charge in [-0.25, -0.2) is 13.2 Å². The van der Waals surface area contributed by atoms with Crippen LogP contribution in [0.25, 0.3) is 0 Å². The first-order valence-corrected chi connectivity index (χ1v) is 8.00. The minimum absolute atomic E-state index is 0.0527. The summed E-state index contributed by atoms with van der Waals surface area (Å²) in [6.07, 6.45) is 1.86. The van der Waals surface area contributed by atoms with Gasteiger partial charge in [0.2, 0.25) is 0 Å². The lowest BCUT2D eigenvalue weighted by molar-refractivity contribution is 0.510. The van der Waals surface area contributed by atoms with Gasteiger partial charge >= 0.3 is 5.69 Å². The SMILES string of the molecule is O=c1[nH]c(=O)n(CCNC2CCS(=O)(=O)C2)cc1Cl. The zero-order valence-electron chi connectivity index (χ0n) is 10.1. The van der Waals surface area contributed by atoms with E-state index in [9.17, 15) is 18.0 Å². The molecule has 1 atom stereocenters. The van der Waals surface area contributed by atoms with E-state index in [-0.39, 0.29) is 22.6 Å². The maximum atomic E-state index is 11.4. The monoisotopic (exact) mass is 307 g/mol. The minimum atomic E-state index is -2.91. The summed E-state index contributed by atoms with van der Waals surface area (Å²) >= 11 is 5.63. The lowest BCUT2D eigenvalue weighted by Gasteiger charge is -2.11. The largest absolute Gasteiger partial charge is 0.328 e. The van der Waals surface area contributed by atoms with Crippen molar-refractivity contribution in [1.29, 1.82) is 0 Å². The van der Waals surface area contributed by atoms with Crippen LogP contribution in [0.4, 0.5) is 0 Å². The normalized spacial score (nSPS) is 21.6. The van der Waals surface area contributed by atoms with Crippen LogP contribution in [0.2, 0.25) is 5.02 Å². The molecule has 1 aliphatic heterocycles. The van der Waals surface area contributed by atoms with Crippen molar-refractivity contribution < 1.29 is 8.42 Å². The smallest absolute Gasteiger partial charge is 0.311 e. The van der Waals surface area contributed by atoms with Gasteiger partial charge in [0.1, 0.15) is 5.02 Å². The van der Waals surface area contributed by atoms with E-state index in [1.807, 2.05) is 0 Å². The van der Waals surface area contributed by atoms with Gasteiger partial charge in [-0.3, -0.25) is 14.3 Å². The number of H-pyrrole nitrogens is 1. The van der Waals surface area contributed by atoms with Crippen molar-refractivity contribution >= 4 is 21.4 Å². The molecule has 0 spiro atoms. The van der Waals surface area contributed by atoms with Gasteiger partial charge in [-0.1, -0.05) is 11.6 Å². The molecule has 7 nitrogen and oxygen atoms in total. The molecule has 0 aliphatic carbocycles. The highest BCUT2D eigenvalue weighted by atomic mass is 35.5. The standard InChI is InChI=1S/C10H14ClN3O4S/c11-8-5-14(10(16)13-9(8)15)3-2-12-7-1-4-19(17,18)6-7/h5,7,12H,1-4,6H2,(H,13,15,16). The average molecular weight is 308 g/mol. The van der Waals surface area contributed by atoms with Crippen molar-refractivity contribution in [3.63, 3.8) is 0 Å². The zero-order chi connectivity index (χ0) is 14.0. The molecule has 1 fully saturated rings. The molecule has 0 aromatic carbocycles. The Morgan fingerprint density at radius 1 is 1.47 bits per heavy atom. The average Bonchev–Trinajstić information content (AvgIpc) is 2.65. The first-order chi connectivity index (χ1) is 8.87. The molecule has 2 rings (SSSR count). The molecule has 0 saturated carbocycles. The van der Waals surface area contributed by atoms with Crippen molar-refractivity contribution in [2.45, 2.75) is 19.0 Å². The molecule has 2 heterocycles. The summed E-state index contributed by atoms with van der Waals surface area (Å²) in [6, 6.07) is -0.0704. The van der Waals surface area contributed by atoms with E-state index in [1.54, 1.807) is 0 Å². The third kappa shape index (κ3) is 3.68. The Hall–Kier alpha value is -1.12. The summed E-state index contributed by atoms with van der Waals surface area (Å²) in [7, 11) is -2.91.